The quantitative estimate of drug-likeness (QED) is 0.727. The second-order valence-corrected chi connectivity index (χ2v) is 7.79. The fraction of sp³-hybridized carbons (Fsp3) is 0.667. The average Bonchev–Trinajstić information content (AvgIpc) is 2.68. The lowest BCUT2D eigenvalue weighted by atomic mass is 9.86. The van der Waals surface area contributed by atoms with Crippen molar-refractivity contribution in [3.63, 3.8) is 0 Å². The number of methoxy groups -OCH3 is 1. The van der Waals surface area contributed by atoms with Gasteiger partial charge in [-0.2, -0.15) is 0 Å². The first-order chi connectivity index (χ1) is 12.7. The van der Waals surface area contributed by atoms with Crippen molar-refractivity contribution in [1.82, 2.24) is 14.7 Å². The molecule has 2 atom stereocenters. The molecule has 2 aliphatic heterocycles. The number of piperidine rings is 1. The van der Waals surface area contributed by atoms with Crippen LogP contribution in [0.15, 0.2) is 30.3 Å². The predicted molar refractivity (Wildman–Crippen MR) is 104 cm³/mol. The number of likely N-dealkylation sites (tertiary alicyclic amines) is 1. The molecule has 0 spiro atoms. The highest BCUT2D eigenvalue weighted by molar-refractivity contribution is 5.69. The van der Waals surface area contributed by atoms with Crippen molar-refractivity contribution >= 4 is 5.97 Å². The molecule has 0 saturated carbocycles. The number of likely N-dealkylation sites (N-methyl/N-ethyl adjacent to an activating group) is 1. The summed E-state index contributed by atoms with van der Waals surface area (Å²) in [6.07, 6.45) is 2.65. The number of ether oxygens (including phenoxy) is 1. The van der Waals surface area contributed by atoms with Gasteiger partial charge in [-0.3, -0.25) is 14.6 Å². The summed E-state index contributed by atoms with van der Waals surface area (Å²) in [5.74, 6) is 0.456. The SMILES string of the molecule is COC(=O)CC[C@@H]1CN(Cc2ccccc2)CC[C@@H]1N1CCN(C)CC1. The third-order valence-corrected chi connectivity index (χ3v) is 5.98. The lowest BCUT2D eigenvalue weighted by Crippen LogP contribution is -2.56. The minimum absolute atomic E-state index is 0.0812. The Balaban J connectivity index is 1.62. The molecule has 0 amide bonds. The van der Waals surface area contributed by atoms with Crippen molar-refractivity contribution in [2.24, 2.45) is 5.92 Å². The number of benzene rings is 1. The Kier molecular flexibility index (Phi) is 7.06. The number of carbonyl (C=O) groups excluding carboxylic acids is 1. The maximum absolute atomic E-state index is 11.7. The first-order valence-corrected chi connectivity index (χ1v) is 9.91. The maximum Gasteiger partial charge on any atom is 0.305 e. The molecule has 0 N–H and O–H groups in total. The summed E-state index contributed by atoms with van der Waals surface area (Å²) in [5.41, 5.74) is 1.37. The van der Waals surface area contributed by atoms with Crippen LogP contribution in [0.2, 0.25) is 0 Å². The Morgan fingerprint density at radius 1 is 1.12 bits per heavy atom. The summed E-state index contributed by atoms with van der Waals surface area (Å²) in [6.45, 7) is 7.81. The molecule has 2 saturated heterocycles. The fourth-order valence-corrected chi connectivity index (χ4v) is 4.40. The summed E-state index contributed by atoms with van der Waals surface area (Å²) < 4.78 is 4.89. The molecule has 1 aromatic carbocycles. The van der Waals surface area contributed by atoms with Gasteiger partial charge in [-0.1, -0.05) is 30.3 Å². The topological polar surface area (TPSA) is 36.0 Å². The second kappa shape index (κ2) is 9.49. The van der Waals surface area contributed by atoms with E-state index in [4.69, 9.17) is 4.74 Å². The van der Waals surface area contributed by atoms with Gasteiger partial charge in [-0.15, -0.1) is 0 Å². The largest absolute Gasteiger partial charge is 0.469 e. The molecule has 1 aromatic rings. The predicted octanol–water partition coefficient (Wildman–Crippen LogP) is 2.08. The molecule has 2 heterocycles. The minimum atomic E-state index is -0.0812. The van der Waals surface area contributed by atoms with Crippen LogP contribution < -0.4 is 0 Å². The van der Waals surface area contributed by atoms with Gasteiger partial charge in [0.1, 0.15) is 0 Å². The van der Waals surface area contributed by atoms with Gasteiger partial charge in [0.25, 0.3) is 0 Å². The number of carbonyl (C=O) groups is 1. The van der Waals surface area contributed by atoms with Gasteiger partial charge < -0.3 is 9.64 Å². The number of esters is 1. The van der Waals surface area contributed by atoms with E-state index in [9.17, 15) is 4.79 Å². The van der Waals surface area contributed by atoms with Crippen LogP contribution in [0.4, 0.5) is 0 Å². The fourth-order valence-electron chi connectivity index (χ4n) is 4.40. The van der Waals surface area contributed by atoms with Crippen LogP contribution in [0.1, 0.15) is 24.8 Å². The molecule has 144 valence electrons. The zero-order chi connectivity index (χ0) is 18.4. The van der Waals surface area contributed by atoms with Crippen molar-refractivity contribution in [3.05, 3.63) is 35.9 Å². The van der Waals surface area contributed by atoms with Crippen molar-refractivity contribution in [1.29, 1.82) is 0 Å². The van der Waals surface area contributed by atoms with Crippen LogP contribution >= 0.6 is 0 Å². The zero-order valence-electron chi connectivity index (χ0n) is 16.3. The van der Waals surface area contributed by atoms with Gasteiger partial charge in [0.15, 0.2) is 0 Å². The molecule has 3 rings (SSSR count). The molecule has 0 unspecified atom stereocenters. The van der Waals surface area contributed by atoms with Crippen molar-refractivity contribution in [2.45, 2.75) is 31.8 Å². The van der Waals surface area contributed by atoms with Gasteiger partial charge in [0, 0.05) is 51.7 Å². The Bertz CT molecular complexity index is 558. The van der Waals surface area contributed by atoms with E-state index in [2.05, 4.69) is 52.1 Å². The van der Waals surface area contributed by atoms with E-state index in [0.29, 0.717) is 18.4 Å². The van der Waals surface area contributed by atoms with E-state index in [1.165, 1.54) is 19.1 Å². The highest BCUT2D eigenvalue weighted by Gasteiger charge is 2.34. The van der Waals surface area contributed by atoms with Gasteiger partial charge >= 0.3 is 5.97 Å². The van der Waals surface area contributed by atoms with Crippen molar-refractivity contribution in [2.75, 3.05) is 53.4 Å². The van der Waals surface area contributed by atoms with E-state index in [-0.39, 0.29) is 5.97 Å². The number of hydrogen-bond acceptors (Lipinski definition) is 5. The first kappa shape index (κ1) is 19.3. The van der Waals surface area contributed by atoms with Crippen LogP contribution in [-0.4, -0.2) is 80.1 Å². The molecule has 0 bridgehead atoms. The van der Waals surface area contributed by atoms with E-state index in [1.54, 1.807) is 0 Å². The van der Waals surface area contributed by atoms with Crippen LogP contribution in [0.5, 0.6) is 0 Å². The van der Waals surface area contributed by atoms with Crippen LogP contribution in [0.25, 0.3) is 0 Å². The molecular weight excluding hydrogens is 326 g/mol. The third-order valence-electron chi connectivity index (χ3n) is 5.98. The van der Waals surface area contributed by atoms with Crippen LogP contribution in [-0.2, 0) is 16.1 Å². The lowest BCUT2D eigenvalue weighted by molar-refractivity contribution is -0.141. The molecule has 26 heavy (non-hydrogen) atoms. The highest BCUT2D eigenvalue weighted by atomic mass is 16.5. The molecule has 0 radical (unpaired) electrons. The van der Waals surface area contributed by atoms with Crippen LogP contribution in [0, 0.1) is 5.92 Å². The monoisotopic (exact) mass is 359 g/mol. The highest BCUT2D eigenvalue weighted by Crippen LogP contribution is 2.28. The number of piperazine rings is 1. The Morgan fingerprint density at radius 3 is 2.54 bits per heavy atom. The summed E-state index contributed by atoms with van der Waals surface area (Å²) in [7, 11) is 3.69. The lowest BCUT2D eigenvalue weighted by Gasteiger charge is -2.46. The molecular formula is C21H33N3O2. The number of nitrogens with zero attached hydrogens (tertiary/aromatic N) is 3. The van der Waals surface area contributed by atoms with Gasteiger partial charge in [-0.25, -0.2) is 0 Å². The molecule has 5 heteroatoms. The van der Waals surface area contributed by atoms with Crippen LogP contribution in [0.3, 0.4) is 0 Å². The van der Waals surface area contributed by atoms with E-state index >= 15 is 0 Å². The molecule has 2 aliphatic rings. The van der Waals surface area contributed by atoms with Gasteiger partial charge in [0.2, 0.25) is 0 Å². The third kappa shape index (κ3) is 5.29. The molecule has 5 nitrogen and oxygen atoms in total. The summed E-state index contributed by atoms with van der Waals surface area (Å²) >= 11 is 0. The number of rotatable bonds is 6. The number of hydrogen-bond donors (Lipinski definition) is 0. The summed E-state index contributed by atoms with van der Waals surface area (Å²) in [4.78, 5) is 19.3. The second-order valence-electron chi connectivity index (χ2n) is 7.79. The average molecular weight is 360 g/mol. The van der Waals surface area contributed by atoms with E-state index < -0.39 is 0 Å². The van der Waals surface area contributed by atoms with E-state index in [0.717, 1.165) is 52.2 Å². The summed E-state index contributed by atoms with van der Waals surface area (Å²) in [6, 6.07) is 11.3. The van der Waals surface area contributed by atoms with Crippen molar-refractivity contribution in [3.8, 4) is 0 Å². The molecule has 2 fully saturated rings. The Morgan fingerprint density at radius 2 is 1.85 bits per heavy atom. The Labute approximate surface area is 157 Å². The molecule has 0 aliphatic carbocycles. The van der Waals surface area contributed by atoms with E-state index in [1.807, 2.05) is 0 Å². The van der Waals surface area contributed by atoms with Crippen molar-refractivity contribution < 1.29 is 9.53 Å². The smallest absolute Gasteiger partial charge is 0.305 e. The van der Waals surface area contributed by atoms with Gasteiger partial charge in [-0.05, 0) is 37.9 Å². The maximum atomic E-state index is 11.7. The van der Waals surface area contributed by atoms with Gasteiger partial charge in [0.05, 0.1) is 7.11 Å². The molecule has 0 aromatic heterocycles. The normalized spacial score (nSPS) is 25.9. The Hall–Kier alpha value is -1.43. The first-order valence-electron chi connectivity index (χ1n) is 9.91. The zero-order valence-corrected chi connectivity index (χ0v) is 16.3. The summed E-state index contributed by atoms with van der Waals surface area (Å²) in [5, 5.41) is 0. The minimum Gasteiger partial charge on any atom is -0.469 e. The standard InChI is InChI=1S/C21H33N3O2/c1-22-12-14-24(15-13-22)20-10-11-23(16-18-6-4-3-5-7-18)17-19(20)8-9-21(25)26-2/h3-7,19-20H,8-17H2,1-2H3/t19-,20+/m1/s1.